The van der Waals surface area contributed by atoms with Crippen LogP contribution in [0, 0.1) is 12.8 Å². The van der Waals surface area contributed by atoms with Crippen LogP contribution in [0.1, 0.15) is 18.4 Å². The van der Waals surface area contributed by atoms with Crippen LogP contribution in [-0.2, 0) is 9.59 Å². The Hall–Kier alpha value is -2.64. The zero-order valence-electron chi connectivity index (χ0n) is 17.3. The summed E-state index contributed by atoms with van der Waals surface area (Å²) in [5, 5.41) is 5.91. The fourth-order valence-electron chi connectivity index (χ4n) is 3.36. The normalized spacial score (nSPS) is 14.8. The summed E-state index contributed by atoms with van der Waals surface area (Å²) in [7, 11) is 0. The summed E-state index contributed by atoms with van der Waals surface area (Å²) in [5.41, 5.74) is 1.88. The number of aromatic nitrogens is 1. The Labute approximate surface area is 182 Å². The van der Waals surface area contributed by atoms with Crippen LogP contribution in [0.4, 0.5) is 11.5 Å². The minimum atomic E-state index is -0.0524. The number of thioether (sulfide) groups is 1. The van der Waals surface area contributed by atoms with Crippen LogP contribution >= 0.6 is 11.8 Å². The second-order valence-electron chi connectivity index (χ2n) is 7.40. The topological polar surface area (TPSA) is 74.3 Å². The van der Waals surface area contributed by atoms with Gasteiger partial charge in [0, 0.05) is 22.8 Å². The number of nitrogens with zero attached hydrogens (tertiary/aromatic N) is 2. The third-order valence-electron chi connectivity index (χ3n) is 5.01. The Morgan fingerprint density at radius 2 is 1.97 bits per heavy atom. The molecule has 30 heavy (non-hydrogen) atoms. The first kappa shape index (κ1) is 22.1. The molecule has 7 heteroatoms. The van der Waals surface area contributed by atoms with Crippen molar-refractivity contribution >= 4 is 35.1 Å². The Balaban J connectivity index is 1.45. The van der Waals surface area contributed by atoms with E-state index in [1.165, 1.54) is 0 Å². The Bertz CT molecular complexity index is 877. The number of carbonyl (C=O) groups excluding carboxylic acids is 2. The van der Waals surface area contributed by atoms with E-state index in [1.807, 2.05) is 49.4 Å². The van der Waals surface area contributed by atoms with Crippen LogP contribution in [0.5, 0.6) is 0 Å². The van der Waals surface area contributed by atoms with E-state index < -0.39 is 0 Å². The fraction of sp³-hybridized carbons (Fsp3) is 0.348. The predicted octanol–water partition coefficient (Wildman–Crippen LogP) is 3.96. The van der Waals surface area contributed by atoms with Crippen molar-refractivity contribution in [3.05, 3.63) is 60.8 Å². The van der Waals surface area contributed by atoms with Crippen LogP contribution in [0.2, 0.25) is 0 Å². The van der Waals surface area contributed by atoms with Gasteiger partial charge in [-0.05, 0) is 56.6 Å². The molecule has 1 saturated heterocycles. The lowest BCUT2D eigenvalue weighted by Crippen LogP contribution is -2.41. The van der Waals surface area contributed by atoms with E-state index in [-0.39, 0.29) is 17.7 Å². The van der Waals surface area contributed by atoms with Gasteiger partial charge in [0.2, 0.25) is 11.8 Å². The molecular weight excluding hydrogens is 396 g/mol. The van der Waals surface area contributed by atoms with Crippen molar-refractivity contribution in [1.82, 2.24) is 9.88 Å². The van der Waals surface area contributed by atoms with Crippen molar-refractivity contribution < 1.29 is 9.59 Å². The van der Waals surface area contributed by atoms with Crippen molar-refractivity contribution in [2.75, 3.05) is 36.0 Å². The number of aryl methyl sites for hydroxylation is 1. The minimum Gasteiger partial charge on any atom is -0.324 e. The lowest BCUT2D eigenvalue weighted by atomic mass is 9.96. The average molecular weight is 425 g/mol. The molecule has 2 heterocycles. The molecule has 0 bridgehead atoms. The quantitative estimate of drug-likeness (QED) is 0.496. The van der Waals surface area contributed by atoms with Gasteiger partial charge in [0.1, 0.15) is 5.82 Å². The van der Waals surface area contributed by atoms with Gasteiger partial charge >= 0.3 is 0 Å². The van der Waals surface area contributed by atoms with Gasteiger partial charge in [0.05, 0.1) is 12.2 Å². The van der Waals surface area contributed by atoms with E-state index >= 15 is 0 Å². The number of carbonyl (C=O) groups is 2. The molecule has 1 aliphatic rings. The molecule has 2 aromatic rings. The number of likely N-dealkylation sites (tertiary alicyclic amines) is 1. The van der Waals surface area contributed by atoms with E-state index in [1.54, 1.807) is 18.0 Å². The summed E-state index contributed by atoms with van der Waals surface area (Å²) in [6.45, 7) is 7.48. The molecule has 6 nitrogen and oxygen atoms in total. The summed E-state index contributed by atoms with van der Waals surface area (Å²) in [6.07, 6.45) is 5.05. The van der Waals surface area contributed by atoms with Gasteiger partial charge in [-0.25, -0.2) is 4.98 Å². The first-order valence-electron chi connectivity index (χ1n) is 10.1. The van der Waals surface area contributed by atoms with Gasteiger partial charge in [-0.15, -0.1) is 18.3 Å². The third-order valence-corrected chi connectivity index (χ3v) is 6.08. The number of amides is 2. The number of piperidine rings is 1. The van der Waals surface area contributed by atoms with Gasteiger partial charge in [-0.2, -0.15) is 0 Å². The number of rotatable bonds is 8. The predicted molar refractivity (Wildman–Crippen MR) is 123 cm³/mol. The molecular formula is C23H28N4O2S. The summed E-state index contributed by atoms with van der Waals surface area (Å²) in [4.78, 5) is 32.4. The van der Waals surface area contributed by atoms with Crippen LogP contribution < -0.4 is 10.6 Å². The molecule has 2 amide bonds. The van der Waals surface area contributed by atoms with Crippen LogP contribution in [-0.4, -0.2) is 47.1 Å². The number of para-hydroxylation sites is 1. The van der Waals surface area contributed by atoms with E-state index in [4.69, 9.17) is 0 Å². The third kappa shape index (κ3) is 6.43. The van der Waals surface area contributed by atoms with Gasteiger partial charge in [0.25, 0.3) is 0 Å². The number of anilines is 2. The number of hydrogen-bond acceptors (Lipinski definition) is 5. The van der Waals surface area contributed by atoms with Crippen molar-refractivity contribution in [1.29, 1.82) is 0 Å². The highest BCUT2D eigenvalue weighted by Crippen LogP contribution is 2.27. The Morgan fingerprint density at radius 3 is 2.67 bits per heavy atom. The second-order valence-corrected chi connectivity index (χ2v) is 8.47. The summed E-state index contributed by atoms with van der Waals surface area (Å²) in [5.74, 6) is 1.29. The van der Waals surface area contributed by atoms with E-state index in [0.29, 0.717) is 12.4 Å². The largest absolute Gasteiger partial charge is 0.324 e. The van der Waals surface area contributed by atoms with E-state index in [2.05, 4.69) is 27.1 Å². The first-order chi connectivity index (χ1) is 14.5. The molecule has 0 spiro atoms. The fourth-order valence-corrected chi connectivity index (χ4v) is 4.11. The summed E-state index contributed by atoms with van der Waals surface area (Å²) in [6, 6.07) is 11.5. The molecule has 3 rings (SSSR count). The molecule has 0 saturated carbocycles. The smallest absolute Gasteiger partial charge is 0.238 e. The molecule has 1 aromatic heterocycles. The zero-order chi connectivity index (χ0) is 21.3. The maximum Gasteiger partial charge on any atom is 0.238 e. The summed E-state index contributed by atoms with van der Waals surface area (Å²) >= 11 is 1.64. The molecule has 0 atom stereocenters. The molecule has 158 valence electrons. The number of pyridine rings is 1. The standard InChI is InChI=1S/C23H28N4O2S/c1-3-14-30-20-7-5-4-6-19(20)25-22(28)16-27-12-10-18(11-13-27)23(29)26-21-9-8-17(2)15-24-21/h3-9,15,18H,1,10-14,16H2,2H3,(H,25,28)(H,24,26,29). The Kier molecular flexibility index (Phi) is 8.04. The average Bonchev–Trinajstić information content (AvgIpc) is 2.75. The van der Waals surface area contributed by atoms with Crippen LogP contribution in [0.15, 0.2) is 60.1 Å². The highest BCUT2D eigenvalue weighted by atomic mass is 32.2. The van der Waals surface area contributed by atoms with Crippen LogP contribution in [0.25, 0.3) is 0 Å². The number of nitrogens with one attached hydrogen (secondary N) is 2. The molecule has 0 radical (unpaired) electrons. The molecule has 0 unspecified atom stereocenters. The van der Waals surface area contributed by atoms with Gasteiger partial charge in [-0.1, -0.05) is 24.3 Å². The SMILES string of the molecule is C=CCSc1ccccc1NC(=O)CN1CCC(C(=O)Nc2ccc(C)cn2)CC1. The highest BCUT2D eigenvalue weighted by molar-refractivity contribution is 7.99. The lowest BCUT2D eigenvalue weighted by molar-refractivity contribution is -0.121. The first-order valence-corrected chi connectivity index (χ1v) is 11.1. The van der Waals surface area contributed by atoms with Crippen molar-refractivity contribution in [2.45, 2.75) is 24.7 Å². The van der Waals surface area contributed by atoms with Gasteiger partial charge < -0.3 is 10.6 Å². The number of hydrogen-bond donors (Lipinski definition) is 2. The molecule has 1 aliphatic heterocycles. The highest BCUT2D eigenvalue weighted by Gasteiger charge is 2.26. The maximum atomic E-state index is 12.5. The van der Waals surface area contributed by atoms with Gasteiger partial charge in [-0.3, -0.25) is 14.5 Å². The molecule has 0 aliphatic carbocycles. The minimum absolute atomic E-state index is 0.00336. The van der Waals surface area contributed by atoms with Crippen molar-refractivity contribution in [2.24, 2.45) is 5.92 Å². The van der Waals surface area contributed by atoms with Gasteiger partial charge in [0.15, 0.2) is 0 Å². The second kappa shape index (κ2) is 10.9. The number of benzene rings is 1. The maximum absolute atomic E-state index is 12.5. The van der Waals surface area contributed by atoms with Crippen LogP contribution in [0.3, 0.4) is 0 Å². The molecule has 1 aromatic carbocycles. The monoisotopic (exact) mass is 424 g/mol. The van der Waals surface area contributed by atoms with Crippen molar-refractivity contribution in [3.63, 3.8) is 0 Å². The van der Waals surface area contributed by atoms with E-state index in [9.17, 15) is 9.59 Å². The molecule has 1 fully saturated rings. The lowest BCUT2D eigenvalue weighted by Gasteiger charge is -2.30. The molecule has 2 N–H and O–H groups in total. The van der Waals surface area contributed by atoms with Crippen molar-refractivity contribution in [3.8, 4) is 0 Å². The summed E-state index contributed by atoms with van der Waals surface area (Å²) < 4.78 is 0. The Morgan fingerprint density at radius 1 is 1.20 bits per heavy atom. The zero-order valence-corrected chi connectivity index (χ0v) is 18.1. The van der Waals surface area contributed by atoms with E-state index in [0.717, 1.165) is 47.8 Å².